The number of nitrogens with zero attached hydrogens (tertiary/aromatic N) is 2. The summed E-state index contributed by atoms with van der Waals surface area (Å²) in [7, 11) is 0. The van der Waals surface area contributed by atoms with Crippen molar-refractivity contribution in [1.29, 1.82) is 0 Å². The fourth-order valence-corrected chi connectivity index (χ4v) is 3.65. The number of para-hydroxylation sites is 1. The molecule has 9 heteroatoms. The largest absolute Gasteiger partial charge is 0.471 e. The number of amides is 1. The van der Waals surface area contributed by atoms with Gasteiger partial charge in [0.25, 0.3) is 6.43 Å². The van der Waals surface area contributed by atoms with Gasteiger partial charge < -0.3 is 0 Å². The number of carbonyl (C=O) groups is 1. The number of hydrogen-bond acceptors (Lipinski definition) is 2. The molecule has 3 nitrogen and oxygen atoms in total. The van der Waals surface area contributed by atoms with E-state index in [1.54, 1.807) is 30.3 Å². The number of rotatable bonds is 1. The molecule has 30 heavy (non-hydrogen) atoms. The Balaban J connectivity index is 2.06. The third-order valence-electron chi connectivity index (χ3n) is 4.72. The molecule has 0 radical (unpaired) electrons. The monoisotopic (exact) mass is 438 g/mol. The van der Waals surface area contributed by atoms with E-state index in [2.05, 4.69) is 4.98 Å². The molecule has 0 atom stereocenters. The van der Waals surface area contributed by atoms with Gasteiger partial charge in [0.1, 0.15) is 0 Å². The topological polar surface area (TPSA) is 33.2 Å². The van der Waals surface area contributed by atoms with Crippen LogP contribution in [-0.2, 0) is 11.3 Å². The number of fused-ring (bicyclic) bond motifs is 3. The Bertz CT molecular complexity index is 1190. The van der Waals surface area contributed by atoms with Crippen LogP contribution in [0.4, 0.5) is 27.6 Å². The average Bonchev–Trinajstić information content (AvgIpc) is 2.79. The van der Waals surface area contributed by atoms with E-state index in [9.17, 15) is 26.7 Å². The van der Waals surface area contributed by atoms with Crippen LogP contribution < -0.4 is 4.90 Å². The highest BCUT2D eigenvalue weighted by Crippen LogP contribution is 2.41. The standard InChI is InChI=1S/C21H12ClF5N2O/c22-12-5-6-13-14(9-19(23)24)15-7-11-3-1-2-4-16(11)28-17(15)10-29(18(13)8-12)20(30)21(25,26)27/h1-9,19H,10H2/b14-9+. The Hall–Kier alpha value is -3.00. The summed E-state index contributed by atoms with van der Waals surface area (Å²) in [6.45, 7) is -0.549. The van der Waals surface area contributed by atoms with Gasteiger partial charge >= 0.3 is 12.1 Å². The van der Waals surface area contributed by atoms with Crippen molar-refractivity contribution < 1.29 is 26.7 Å². The smallest absolute Gasteiger partial charge is 0.298 e. The molecule has 154 valence electrons. The minimum Gasteiger partial charge on any atom is -0.298 e. The fraction of sp³-hybridized carbons (Fsp3) is 0.143. The molecular weight excluding hydrogens is 427 g/mol. The first-order valence-electron chi connectivity index (χ1n) is 8.73. The van der Waals surface area contributed by atoms with E-state index in [1.165, 1.54) is 12.1 Å². The van der Waals surface area contributed by atoms with E-state index in [0.29, 0.717) is 21.9 Å². The Morgan fingerprint density at radius 1 is 1.10 bits per heavy atom. The Morgan fingerprint density at radius 2 is 1.83 bits per heavy atom. The van der Waals surface area contributed by atoms with Gasteiger partial charge in [0.2, 0.25) is 0 Å². The highest BCUT2D eigenvalue weighted by atomic mass is 35.5. The molecule has 0 spiro atoms. The third-order valence-corrected chi connectivity index (χ3v) is 4.96. The molecule has 0 aliphatic carbocycles. The van der Waals surface area contributed by atoms with Gasteiger partial charge in [-0.15, -0.1) is 0 Å². The maximum Gasteiger partial charge on any atom is 0.471 e. The SMILES string of the molecule is O=C(N1Cc2nc3ccccc3cc2/C(=C/C(F)F)c2ccc(Cl)cc21)C(F)(F)F. The number of carbonyl (C=O) groups excluding carboxylic acids is 1. The summed E-state index contributed by atoms with van der Waals surface area (Å²) in [6, 6.07) is 12.2. The van der Waals surface area contributed by atoms with Gasteiger partial charge in [-0.2, -0.15) is 13.2 Å². The van der Waals surface area contributed by atoms with Crippen LogP contribution in [0.5, 0.6) is 0 Å². The Kier molecular flexibility index (Phi) is 4.97. The van der Waals surface area contributed by atoms with Gasteiger partial charge in [-0.1, -0.05) is 35.9 Å². The van der Waals surface area contributed by atoms with Gasteiger partial charge in [0.15, 0.2) is 0 Å². The second-order valence-corrected chi connectivity index (χ2v) is 7.08. The second kappa shape index (κ2) is 7.36. The number of hydrogen-bond donors (Lipinski definition) is 0. The van der Waals surface area contributed by atoms with Crippen molar-refractivity contribution in [1.82, 2.24) is 4.98 Å². The number of halogens is 6. The van der Waals surface area contributed by atoms with Gasteiger partial charge in [-0.05, 0) is 35.9 Å². The maximum absolute atomic E-state index is 13.4. The van der Waals surface area contributed by atoms with Gasteiger partial charge in [0.05, 0.1) is 23.4 Å². The molecular formula is C21H12ClF5N2O. The lowest BCUT2D eigenvalue weighted by Crippen LogP contribution is -2.41. The van der Waals surface area contributed by atoms with Crippen LogP contribution in [0.15, 0.2) is 54.6 Å². The molecule has 1 aliphatic heterocycles. The summed E-state index contributed by atoms with van der Waals surface area (Å²) in [5.41, 5.74) is 0.589. The normalized spacial score (nSPS) is 15.3. The first-order valence-corrected chi connectivity index (χ1v) is 9.10. The third kappa shape index (κ3) is 3.63. The zero-order valence-corrected chi connectivity index (χ0v) is 15.8. The molecule has 0 N–H and O–H groups in total. The van der Waals surface area contributed by atoms with Crippen LogP contribution >= 0.6 is 11.6 Å². The molecule has 0 unspecified atom stereocenters. The second-order valence-electron chi connectivity index (χ2n) is 6.64. The van der Waals surface area contributed by atoms with Crippen LogP contribution in [0.1, 0.15) is 16.8 Å². The predicted octanol–water partition coefficient (Wildman–Crippen LogP) is 5.99. The predicted molar refractivity (Wildman–Crippen MR) is 104 cm³/mol. The minimum atomic E-state index is -5.17. The number of anilines is 1. The molecule has 3 aromatic rings. The number of benzene rings is 2. The van der Waals surface area contributed by atoms with E-state index in [-0.39, 0.29) is 33.1 Å². The quantitative estimate of drug-likeness (QED) is 0.437. The number of aromatic nitrogens is 1. The van der Waals surface area contributed by atoms with Crippen molar-refractivity contribution in [3.8, 4) is 0 Å². The number of allylic oxidation sites excluding steroid dienone is 1. The van der Waals surface area contributed by atoms with Gasteiger partial charge in [-0.25, -0.2) is 8.78 Å². The van der Waals surface area contributed by atoms with E-state index in [4.69, 9.17) is 11.6 Å². The van der Waals surface area contributed by atoms with Crippen molar-refractivity contribution in [2.24, 2.45) is 0 Å². The fourth-order valence-electron chi connectivity index (χ4n) is 3.49. The highest BCUT2D eigenvalue weighted by molar-refractivity contribution is 6.31. The van der Waals surface area contributed by atoms with E-state index in [0.717, 1.165) is 6.07 Å². The molecule has 0 saturated carbocycles. The molecule has 2 heterocycles. The van der Waals surface area contributed by atoms with Crippen molar-refractivity contribution in [2.45, 2.75) is 19.1 Å². The summed E-state index contributed by atoms with van der Waals surface area (Å²) >= 11 is 5.96. The molecule has 4 rings (SSSR count). The van der Waals surface area contributed by atoms with Crippen molar-refractivity contribution >= 4 is 39.7 Å². The Labute approximate surface area is 172 Å². The summed E-state index contributed by atoms with van der Waals surface area (Å²) in [5.74, 6) is -2.13. The van der Waals surface area contributed by atoms with Crippen LogP contribution in [0.25, 0.3) is 16.5 Å². The lowest BCUT2D eigenvalue weighted by atomic mass is 9.95. The van der Waals surface area contributed by atoms with E-state index >= 15 is 0 Å². The summed E-state index contributed by atoms with van der Waals surface area (Å²) < 4.78 is 66.7. The molecule has 1 amide bonds. The molecule has 0 fully saturated rings. The van der Waals surface area contributed by atoms with Crippen molar-refractivity contribution in [2.75, 3.05) is 4.90 Å². The Morgan fingerprint density at radius 3 is 2.53 bits per heavy atom. The first kappa shape index (κ1) is 20.3. The lowest BCUT2D eigenvalue weighted by molar-refractivity contribution is -0.170. The van der Waals surface area contributed by atoms with Crippen molar-refractivity contribution in [3.05, 3.63) is 76.5 Å². The summed E-state index contributed by atoms with van der Waals surface area (Å²) in [6.07, 6.45) is -7.41. The van der Waals surface area contributed by atoms with E-state index in [1.807, 2.05) is 0 Å². The number of pyridine rings is 1. The van der Waals surface area contributed by atoms with Gasteiger partial charge in [-0.3, -0.25) is 14.7 Å². The highest BCUT2D eigenvalue weighted by Gasteiger charge is 2.45. The summed E-state index contributed by atoms with van der Waals surface area (Å²) in [4.78, 5) is 17.1. The van der Waals surface area contributed by atoms with Crippen LogP contribution in [0.3, 0.4) is 0 Å². The molecule has 2 aromatic carbocycles. The average molecular weight is 439 g/mol. The van der Waals surface area contributed by atoms with Crippen molar-refractivity contribution in [3.63, 3.8) is 0 Å². The zero-order chi connectivity index (χ0) is 21.6. The van der Waals surface area contributed by atoms with Crippen LogP contribution in [-0.4, -0.2) is 23.5 Å². The number of alkyl halides is 5. The molecule has 1 aliphatic rings. The zero-order valence-electron chi connectivity index (χ0n) is 15.1. The maximum atomic E-state index is 13.4. The van der Waals surface area contributed by atoms with Gasteiger partial charge in [0, 0.05) is 21.5 Å². The first-order chi connectivity index (χ1) is 14.1. The summed E-state index contributed by atoms with van der Waals surface area (Å²) in [5, 5.41) is 0.691. The molecule has 0 saturated heterocycles. The van der Waals surface area contributed by atoms with E-state index < -0.39 is 25.1 Å². The minimum absolute atomic E-state index is 0.0117. The van der Waals surface area contributed by atoms with Crippen LogP contribution in [0, 0.1) is 0 Å². The molecule has 0 bridgehead atoms. The van der Waals surface area contributed by atoms with Crippen LogP contribution in [0.2, 0.25) is 5.02 Å². The molecule has 1 aromatic heterocycles. The lowest BCUT2D eigenvalue weighted by Gasteiger charge is -2.24.